The van der Waals surface area contributed by atoms with E-state index >= 15 is 0 Å². The molecule has 0 fully saturated rings. The van der Waals surface area contributed by atoms with Gasteiger partial charge in [-0.2, -0.15) is 0 Å². The van der Waals surface area contributed by atoms with Gasteiger partial charge in [-0.05, 0) is 81.2 Å². The molecule has 0 unspecified atom stereocenters. The van der Waals surface area contributed by atoms with Gasteiger partial charge in [-0.15, -0.1) is 0 Å². The number of rotatable bonds is 8. The van der Waals surface area contributed by atoms with Gasteiger partial charge in [-0.1, -0.05) is 176 Å². The third-order valence-corrected chi connectivity index (χ3v) is 10.5. The number of fused-ring (bicyclic) bond motifs is 3. The first-order chi connectivity index (χ1) is 27.8. The van der Waals surface area contributed by atoms with E-state index in [1.807, 2.05) is 6.07 Å². The van der Waals surface area contributed by atoms with Gasteiger partial charge < -0.3 is 9.32 Å². The second kappa shape index (κ2) is 14.4. The van der Waals surface area contributed by atoms with Crippen LogP contribution in [-0.4, -0.2) is 4.98 Å². The monoisotopic (exact) mass is 716 g/mol. The van der Waals surface area contributed by atoms with Crippen molar-refractivity contribution in [2.24, 2.45) is 0 Å². The maximum Gasteiger partial charge on any atom is 0.227 e. The third kappa shape index (κ3) is 6.12. The van der Waals surface area contributed by atoms with Crippen molar-refractivity contribution in [1.29, 1.82) is 0 Å². The van der Waals surface area contributed by atoms with Crippen LogP contribution in [0.25, 0.3) is 77.8 Å². The molecule has 0 saturated heterocycles. The Labute approximate surface area is 326 Å². The number of aromatic nitrogens is 1. The van der Waals surface area contributed by atoms with Gasteiger partial charge in [0.1, 0.15) is 5.52 Å². The van der Waals surface area contributed by atoms with Gasteiger partial charge in [0.05, 0.1) is 11.4 Å². The summed E-state index contributed by atoms with van der Waals surface area (Å²) < 4.78 is 6.65. The summed E-state index contributed by atoms with van der Waals surface area (Å²) in [5.41, 5.74) is 14.9. The van der Waals surface area contributed by atoms with Crippen molar-refractivity contribution in [2.75, 3.05) is 4.90 Å². The van der Waals surface area contributed by atoms with Crippen LogP contribution in [0, 0.1) is 0 Å². The van der Waals surface area contributed by atoms with Crippen molar-refractivity contribution < 1.29 is 4.42 Å². The van der Waals surface area contributed by atoms with Gasteiger partial charge in [-0.3, -0.25) is 0 Å². The molecule has 10 rings (SSSR count). The minimum atomic E-state index is 0.604. The van der Waals surface area contributed by atoms with Crippen molar-refractivity contribution in [3.8, 4) is 56.0 Å². The number of anilines is 3. The van der Waals surface area contributed by atoms with Crippen molar-refractivity contribution >= 4 is 38.9 Å². The van der Waals surface area contributed by atoms with E-state index < -0.39 is 0 Å². The normalized spacial score (nSPS) is 11.2. The molecule has 0 aliphatic carbocycles. The van der Waals surface area contributed by atoms with E-state index in [1.165, 1.54) is 16.7 Å². The molecule has 3 nitrogen and oxygen atoms in total. The molecule has 0 amide bonds. The third-order valence-electron chi connectivity index (χ3n) is 10.5. The topological polar surface area (TPSA) is 29.3 Å². The zero-order valence-electron chi connectivity index (χ0n) is 30.6. The molecule has 1 aromatic heterocycles. The Balaban J connectivity index is 1.14. The highest BCUT2D eigenvalue weighted by molar-refractivity contribution is 6.13. The fraction of sp³-hybridized carbons (Fsp3) is 0. The van der Waals surface area contributed by atoms with E-state index in [0.717, 1.165) is 72.3 Å². The number of para-hydroxylation sites is 2. The fourth-order valence-corrected chi connectivity index (χ4v) is 7.81. The smallest absolute Gasteiger partial charge is 0.227 e. The summed E-state index contributed by atoms with van der Waals surface area (Å²) in [4.78, 5) is 7.50. The Kier molecular flexibility index (Phi) is 8.51. The zero-order valence-corrected chi connectivity index (χ0v) is 30.6. The molecular formula is C53H36N2O. The first kappa shape index (κ1) is 33.1. The molecule has 0 atom stereocenters. The Bertz CT molecular complexity index is 2930. The van der Waals surface area contributed by atoms with E-state index in [9.17, 15) is 0 Å². The molecule has 0 bridgehead atoms. The van der Waals surface area contributed by atoms with E-state index in [-0.39, 0.29) is 0 Å². The lowest BCUT2D eigenvalue weighted by atomic mass is 9.94. The van der Waals surface area contributed by atoms with Crippen LogP contribution in [0.5, 0.6) is 0 Å². The first-order valence-corrected chi connectivity index (χ1v) is 19.0. The Morgan fingerprint density at radius 2 is 0.786 bits per heavy atom. The molecular weight excluding hydrogens is 681 g/mol. The number of nitrogens with zero attached hydrogens (tertiary/aromatic N) is 2. The van der Waals surface area contributed by atoms with Crippen LogP contribution in [0.3, 0.4) is 0 Å². The van der Waals surface area contributed by atoms with Crippen molar-refractivity contribution in [3.05, 3.63) is 218 Å². The van der Waals surface area contributed by atoms with Crippen LogP contribution in [0.15, 0.2) is 223 Å². The molecule has 56 heavy (non-hydrogen) atoms. The molecule has 9 aromatic carbocycles. The Hall–Kier alpha value is -7.49. The van der Waals surface area contributed by atoms with Crippen LogP contribution < -0.4 is 4.90 Å². The summed E-state index contributed by atoms with van der Waals surface area (Å²) in [6.45, 7) is 0. The predicted octanol–water partition coefficient (Wildman–Crippen LogP) is 14.8. The molecule has 264 valence electrons. The van der Waals surface area contributed by atoms with Gasteiger partial charge in [0.15, 0.2) is 5.58 Å². The number of hydrogen-bond acceptors (Lipinski definition) is 3. The van der Waals surface area contributed by atoms with Crippen molar-refractivity contribution in [2.45, 2.75) is 0 Å². The number of hydrogen-bond donors (Lipinski definition) is 0. The van der Waals surface area contributed by atoms with E-state index in [2.05, 4.69) is 217 Å². The van der Waals surface area contributed by atoms with E-state index in [1.54, 1.807) is 0 Å². The molecule has 0 aliphatic rings. The lowest BCUT2D eigenvalue weighted by Gasteiger charge is -2.30. The van der Waals surface area contributed by atoms with Crippen LogP contribution in [-0.2, 0) is 0 Å². The molecule has 0 saturated carbocycles. The van der Waals surface area contributed by atoms with Crippen molar-refractivity contribution in [3.63, 3.8) is 0 Å². The van der Waals surface area contributed by atoms with Crippen LogP contribution in [0.2, 0.25) is 0 Å². The molecule has 1 heterocycles. The second-order valence-corrected chi connectivity index (χ2v) is 13.9. The summed E-state index contributed by atoms with van der Waals surface area (Å²) >= 11 is 0. The van der Waals surface area contributed by atoms with Gasteiger partial charge in [-0.25, -0.2) is 4.98 Å². The van der Waals surface area contributed by atoms with E-state index in [4.69, 9.17) is 9.40 Å². The van der Waals surface area contributed by atoms with Gasteiger partial charge >= 0.3 is 0 Å². The number of oxazole rings is 1. The minimum absolute atomic E-state index is 0.604. The molecule has 0 radical (unpaired) electrons. The van der Waals surface area contributed by atoms with Gasteiger partial charge in [0, 0.05) is 27.8 Å². The summed E-state index contributed by atoms with van der Waals surface area (Å²) in [5.74, 6) is 0.604. The average Bonchev–Trinajstić information content (AvgIpc) is 3.73. The number of benzene rings is 9. The standard InChI is InChI=1S/C53H36N2O/c1-4-16-37(17-5-1)39-28-30-42(31-29-39)53-54-52-47-25-11-10-23-45(47)48(36-51(52)56-53)46-24-13-15-27-50(46)55(43-34-32-40(33-35-43)38-18-6-2-7-19-38)49-26-14-12-22-44(49)41-20-8-3-9-21-41/h1-36H. The van der Waals surface area contributed by atoms with Gasteiger partial charge in [0.25, 0.3) is 0 Å². The summed E-state index contributed by atoms with van der Waals surface area (Å²) in [6.07, 6.45) is 0. The quantitative estimate of drug-likeness (QED) is 0.157. The van der Waals surface area contributed by atoms with Crippen LogP contribution >= 0.6 is 0 Å². The zero-order chi connectivity index (χ0) is 37.3. The first-order valence-electron chi connectivity index (χ1n) is 19.0. The minimum Gasteiger partial charge on any atom is -0.436 e. The van der Waals surface area contributed by atoms with Crippen LogP contribution in [0.4, 0.5) is 17.1 Å². The summed E-state index contributed by atoms with van der Waals surface area (Å²) in [5, 5.41) is 2.16. The van der Waals surface area contributed by atoms with E-state index in [0.29, 0.717) is 5.89 Å². The molecule has 3 heteroatoms. The highest BCUT2D eigenvalue weighted by Crippen LogP contribution is 2.47. The lowest BCUT2D eigenvalue weighted by Crippen LogP contribution is -2.12. The summed E-state index contributed by atoms with van der Waals surface area (Å²) in [6, 6.07) is 77.0. The average molecular weight is 717 g/mol. The molecule has 0 aliphatic heterocycles. The van der Waals surface area contributed by atoms with Crippen molar-refractivity contribution in [1.82, 2.24) is 4.98 Å². The van der Waals surface area contributed by atoms with Gasteiger partial charge in [0.2, 0.25) is 5.89 Å². The second-order valence-electron chi connectivity index (χ2n) is 13.9. The fourth-order valence-electron chi connectivity index (χ4n) is 7.81. The molecule has 10 aromatic rings. The highest BCUT2D eigenvalue weighted by Gasteiger charge is 2.23. The maximum absolute atomic E-state index is 6.65. The molecule has 0 N–H and O–H groups in total. The lowest BCUT2D eigenvalue weighted by molar-refractivity contribution is 0.620. The predicted molar refractivity (Wildman–Crippen MR) is 233 cm³/mol. The SMILES string of the molecule is c1ccc(-c2ccc(-c3nc4c(cc(-c5ccccc5N(c5ccc(-c6ccccc6)cc5)c5ccccc5-c5ccccc5)c5ccccc54)o3)cc2)cc1. The van der Waals surface area contributed by atoms with Crippen LogP contribution in [0.1, 0.15) is 0 Å². The largest absolute Gasteiger partial charge is 0.436 e. The highest BCUT2D eigenvalue weighted by atomic mass is 16.3. The maximum atomic E-state index is 6.65. The summed E-state index contributed by atoms with van der Waals surface area (Å²) in [7, 11) is 0. The Morgan fingerprint density at radius 3 is 1.41 bits per heavy atom. The Morgan fingerprint density at radius 1 is 0.339 bits per heavy atom. The molecule has 0 spiro atoms.